The van der Waals surface area contributed by atoms with Crippen molar-refractivity contribution in [3.8, 4) is 0 Å². The van der Waals surface area contributed by atoms with Gasteiger partial charge in [-0.05, 0) is 18.8 Å². The van der Waals surface area contributed by atoms with Gasteiger partial charge in [0.15, 0.2) is 0 Å². The highest BCUT2D eigenvalue weighted by Gasteiger charge is 2.17. The number of anilines is 1. The lowest BCUT2D eigenvalue weighted by molar-refractivity contribution is 0.346. The molecule has 1 heterocycles. The summed E-state index contributed by atoms with van der Waals surface area (Å²) < 4.78 is 1.92. The summed E-state index contributed by atoms with van der Waals surface area (Å²) in [5, 5.41) is 0. The molecule has 0 aliphatic carbocycles. The molecule has 0 aliphatic heterocycles. The first-order valence-electron chi connectivity index (χ1n) is 6.39. The molecule has 0 spiro atoms. The molecule has 1 atom stereocenters. The van der Waals surface area contributed by atoms with Crippen LogP contribution in [0.25, 0.3) is 0 Å². The largest absolute Gasteiger partial charge is 0.383 e. The fourth-order valence-electron chi connectivity index (χ4n) is 1.62. The summed E-state index contributed by atoms with van der Waals surface area (Å²) in [5.74, 6) is 1.02. The molecule has 0 aromatic carbocycles. The third-order valence-corrected chi connectivity index (χ3v) is 2.72. The number of imidazole rings is 1. The van der Waals surface area contributed by atoms with Gasteiger partial charge in [-0.25, -0.2) is 4.98 Å². The van der Waals surface area contributed by atoms with Crippen LogP contribution in [0.15, 0.2) is 11.3 Å². The van der Waals surface area contributed by atoms with E-state index < -0.39 is 0 Å². The molecule has 0 saturated carbocycles. The van der Waals surface area contributed by atoms with Crippen molar-refractivity contribution in [1.29, 1.82) is 0 Å². The Balaban J connectivity index is 2.96. The van der Waals surface area contributed by atoms with Gasteiger partial charge >= 0.3 is 0 Å². The molecular formula is C13H25N5. The van der Waals surface area contributed by atoms with Crippen molar-refractivity contribution in [2.45, 2.75) is 53.6 Å². The second kappa shape index (κ2) is 5.42. The van der Waals surface area contributed by atoms with E-state index in [-0.39, 0.29) is 11.5 Å². The molecule has 0 radical (unpaired) electrons. The minimum atomic E-state index is 0.148. The number of amidine groups is 1. The van der Waals surface area contributed by atoms with E-state index in [9.17, 15) is 0 Å². The smallest absolute Gasteiger partial charge is 0.148 e. The van der Waals surface area contributed by atoms with Gasteiger partial charge in [0.05, 0.1) is 6.33 Å². The average molecular weight is 251 g/mol. The fourth-order valence-corrected chi connectivity index (χ4v) is 1.62. The van der Waals surface area contributed by atoms with Crippen LogP contribution < -0.4 is 11.5 Å². The first kappa shape index (κ1) is 14.5. The second-order valence-electron chi connectivity index (χ2n) is 5.94. The van der Waals surface area contributed by atoms with E-state index in [1.54, 1.807) is 6.33 Å². The maximum atomic E-state index is 6.07. The Morgan fingerprint density at radius 1 is 1.50 bits per heavy atom. The monoisotopic (exact) mass is 251 g/mol. The summed E-state index contributed by atoms with van der Waals surface area (Å²) in [4.78, 5) is 8.64. The average Bonchev–Trinajstić information content (AvgIpc) is 2.58. The van der Waals surface area contributed by atoms with E-state index >= 15 is 0 Å². The third-order valence-electron chi connectivity index (χ3n) is 2.72. The quantitative estimate of drug-likeness (QED) is 0.634. The number of aliphatic imine (C=N–C) groups is 1. The van der Waals surface area contributed by atoms with Crippen LogP contribution >= 0.6 is 0 Å². The molecule has 1 unspecified atom stereocenters. The van der Waals surface area contributed by atoms with Crippen molar-refractivity contribution in [2.75, 3.05) is 5.73 Å². The van der Waals surface area contributed by atoms with Crippen LogP contribution in [0.1, 0.15) is 46.7 Å². The minimum absolute atomic E-state index is 0.148. The molecule has 0 saturated heterocycles. The first-order chi connectivity index (χ1) is 8.24. The minimum Gasteiger partial charge on any atom is -0.383 e. The topological polar surface area (TPSA) is 82.2 Å². The van der Waals surface area contributed by atoms with Gasteiger partial charge in [0, 0.05) is 12.6 Å². The lowest BCUT2D eigenvalue weighted by Gasteiger charge is -2.19. The highest BCUT2D eigenvalue weighted by atomic mass is 15.1. The van der Waals surface area contributed by atoms with E-state index in [1.807, 2.05) is 11.5 Å². The van der Waals surface area contributed by atoms with Crippen molar-refractivity contribution in [2.24, 2.45) is 16.1 Å². The van der Waals surface area contributed by atoms with Crippen LogP contribution in [0.2, 0.25) is 0 Å². The van der Waals surface area contributed by atoms with Crippen LogP contribution in [0.3, 0.4) is 0 Å². The van der Waals surface area contributed by atoms with Crippen molar-refractivity contribution < 1.29 is 0 Å². The molecule has 4 N–H and O–H groups in total. The third kappa shape index (κ3) is 3.75. The van der Waals surface area contributed by atoms with Gasteiger partial charge < -0.3 is 16.0 Å². The van der Waals surface area contributed by atoms with E-state index in [0.29, 0.717) is 17.3 Å². The molecule has 5 heteroatoms. The molecular weight excluding hydrogens is 226 g/mol. The number of nitrogens with two attached hydrogens (primary N) is 2. The number of hydrogen-bond donors (Lipinski definition) is 2. The van der Waals surface area contributed by atoms with E-state index in [1.165, 1.54) is 0 Å². The van der Waals surface area contributed by atoms with Gasteiger partial charge in [0.1, 0.15) is 17.3 Å². The molecule has 0 bridgehead atoms. The van der Waals surface area contributed by atoms with Gasteiger partial charge in [0.2, 0.25) is 0 Å². The molecule has 102 valence electrons. The summed E-state index contributed by atoms with van der Waals surface area (Å²) in [7, 11) is 0. The first-order valence-corrected chi connectivity index (χ1v) is 6.39. The van der Waals surface area contributed by atoms with Crippen molar-refractivity contribution >= 4 is 11.7 Å². The summed E-state index contributed by atoms with van der Waals surface area (Å²) in [6, 6.07) is 0.192. The summed E-state index contributed by atoms with van der Waals surface area (Å²) in [6.07, 6.45) is 2.68. The Morgan fingerprint density at radius 3 is 2.61 bits per heavy atom. The van der Waals surface area contributed by atoms with Crippen LogP contribution in [0.5, 0.6) is 0 Å². The maximum Gasteiger partial charge on any atom is 0.148 e. The molecule has 1 aromatic rings. The predicted octanol–water partition coefficient (Wildman–Crippen LogP) is 2.02. The molecule has 0 fully saturated rings. The SMILES string of the molecule is CCC(C)/N=C(/N)c1ncn(CC(C)(C)C)c1N. The van der Waals surface area contributed by atoms with Crippen molar-refractivity contribution in [3.63, 3.8) is 0 Å². The number of rotatable bonds is 4. The summed E-state index contributed by atoms with van der Waals surface area (Å²) >= 11 is 0. The molecule has 0 aliphatic rings. The Hall–Kier alpha value is -1.52. The molecule has 18 heavy (non-hydrogen) atoms. The number of aromatic nitrogens is 2. The molecule has 0 amide bonds. The predicted molar refractivity (Wildman–Crippen MR) is 76.6 cm³/mol. The van der Waals surface area contributed by atoms with Gasteiger partial charge in [0.25, 0.3) is 0 Å². The van der Waals surface area contributed by atoms with Crippen LogP contribution in [0.4, 0.5) is 5.82 Å². The van der Waals surface area contributed by atoms with Gasteiger partial charge in [-0.15, -0.1) is 0 Å². The van der Waals surface area contributed by atoms with Gasteiger partial charge in [-0.2, -0.15) is 0 Å². The van der Waals surface area contributed by atoms with Crippen molar-refractivity contribution in [1.82, 2.24) is 9.55 Å². The van der Waals surface area contributed by atoms with Crippen LogP contribution in [-0.4, -0.2) is 21.4 Å². The van der Waals surface area contributed by atoms with Gasteiger partial charge in [-0.1, -0.05) is 27.7 Å². The maximum absolute atomic E-state index is 6.07. The van der Waals surface area contributed by atoms with Crippen LogP contribution in [-0.2, 0) is 6.54 Å². The molecule has 5 nitrogen and oxygen atoms in total. The second-order valence-corrected chi connectivity index (χ2v) is 5.94. The number of nitrogen functional groups attached to an aromatic ring is 1. The lowest BCUT2D eigenvalue weighted by Crippen LogP contribution is -2.20. The normalized spacial score (nSPS) is 14.8. The Kier molecular flexibility index (Phi) is 4.38. The lowest BCUT2D eigenvalue weighted by atomic mass is 9.97. The Bertz CT molecular complexity index is 425. The molecule has 1 aromatic heterocycles. The number of hydrogen-bond acceptors (Lipinski definition) is 3. The zero-order valence-corrected chi connectivity index (χ0v) is 12.1. The highest BCUT2D eigenvalue weighted by molar-refractivity contribution is 5.99. The number of nitrogens with zero attached hydrogens (tertiary/aromatic N) is 3. The van der Waals surface area contributed by atoms with E-state index in [0.717, 1.165) is 13.0 Å². The van der Waals surface area contributed by atoms with E-state index in [4.69, 9.17) is 11.5 Å². The Labute approximate surface area is 109 Å². The zero-order chi connectivity index (χ0) is 13.9. The highest BCUT2D eigenvalue weighted by Crippen LogP contribution is 2.20. The van der Waals surface area contributed by atoms with E-state index in [2.05, 4.69) is 37.7 Å². The van der Waals surface area contributed by atoms with Gasteiger partial charge in [-0.3, -0.25) is 4.99 Å². The summed E-state index contributed by atoms with van der Waals surface area (Å²) in [6.45, 7) is 11.4. The zero-order valence-electron chi connectivity index (χ0n) is 12.1. The van der Waals surface area contributed by atoms with Crippen LogP contribution in [0, 0.1) is 5.41 Å². The fraction of sp³-hybridized carbons (Fsp3) is 0.692. The standard InChI is InChI=1S/C13H25N5/c1-6-9(2)17-11(14)10-12(15)18(8-16-10)7-13(3,4)5/h8-9H,6-7,15H2,1-5H3,(H2,14,17). The summed E-state index contributed by atoms with van der Waals surface area (Å²) in [5.41, 5.74) is 12.8. The Morgan fingerprint density at radius 2 is 2.11 bits per heavy atom. The van der Waals surface area contributed by atoms with Crippen molar-refractivity contribution in [3.05, 3.63) is 12.0 Å². The molecule has 1 rings (SSSR count).